The number of thioether (sulfide) groups is 1. The van der Waals surface area contributed by atoms with Gasteiger partial charge in [0.1, 0.15) is 6.61 Å². The molecule has 2 amide bonds. The summed E-state index contributed by atoms with van der Waals surface area (Å²) < 4.78 is 12.3. The lowest BCUT2D eigenvalue weighted by Gasteiger charge is -2.14. The predicted molar refractivity (Wildman–Crippen MR) is 146 cm³/mol. The van der Waals surface area contributed by atoms with Crippen LogP contribution in [-0.4, -0.2) is 18.3 Å². The van der Waals surface area contributed by atoms with E-state index in [1.807, 2.05) is 12.1 Å². The third-order valence-corrected chi connectivity index (χ3v) is 7.42. The first-order chi connectivity index (χ1) is 16.3. The van der Waals surface area contributed by atoms with Gasteiger partial charge in [0, 0.05) is 5.02 Å². The van der Waals surface area contributed by atoms with Crippen molar-refractivity contribution in [1.29, 1.82) is 0 Å². The highest BCUT2D eigenvalue weighted by Gasteiger charge is 2.36. The van der Waals surface area contributed by atoms with Gasteiger partial charge in [-0.15, -0.1) is 0 Å². The molecular weight excluding hydrogens is 632 g/mol. The summed E-state index contributed by atoms with van der Waals surface area (Å²) >= 11 is 21.1. The highest BCUT2D eigenvalue weighted by atomic mass is 127. The first-order valence-electron chi connectivity index (χ1n) is 9.74. The van der Waals surface area contributed by atoms with Crippen LogP contribution in [-0.2, 0) is 11.4 Å². The number of carbonyl (C=O) groups is 2. The molecule has 0 aromatic heterocycles. The molecule has 0 unspecified atom stereocenters. The van der Waals surface area contributed by atoms with Crippen LogP contribution in [0.2, 0.25) is 15.1 Å². The number of hydrogen-bond donors (Lipinski definition) is 0. The molecule has 1 aliphatic heterocycles. The summed E-state index contributed by atoms with van der Waals surface area (Å²) in [6.45, 7) is 0.265. The van der Waals surface area contributed by atoms with Crippen molar-refractivity contribution in [2.24, 2.45) is 0 Å². The molecule has 0 aliphatic carbocycles. The molecule has 5 nitrogen and oxygen atoms in total. The fourth-order valence-corrected chi connectivity index (χ4v) is 5.33. The Hall–Kier alpha value is -1.91. The Morgan fingerprint density at radius 1 is 1.03 bits per heavy atom. The normalized spacial score (nSPS) is 14.7. The summed E-state index contributed by atoms with van der Waals surface area (Å²) in [5.41, 5.74) is 1.97. The van der Waals surface area contributed by atoms with E-state index in [0.29, 0.717) is 42.7 Å². The summed E-state index contributed by atoms with van der Waals surface area (Å²) in [6, 6.07) is 15.5. The second kappa shape index (κ2) is 10.8. The predicted octanol–water partition coefficient (Wildman–Crippen LogP) is 8.08. The minimum atomic E-state index is -0.411. The number of anilines is 1. The minimum Gasteiger partial charge on any atom is -0.493 e. The van der Waals surface area contributed by atoms with Crippen molar-refractivity contribution < 1.29 is 19.1 Å². The van der Waals surface area contributed by atoms with Crippen LogP contribution in [0.1, 0.15) is 11.1 Å². The van der Waals surface area contributed by atoms with Gasteiger partial charge in [-0.3, -0.25) is 9.59 Å². The van der Waals surface area contributed by atoms with Crippen LogP contribution in [0.25, 0.3) is 6.08 Å². The molecule has 0 spiro atoms. The van der Waals surface area contributed by atoms with E-state index in [1.54, 1.807) is 48.5 Å². The molecule has 34 heavy (non-hydrogen) atoms. The number of nitrogens with zero attached hydrogens (tertiary/aromatic N) is 1. The van der Waals surface area contributed by atoms with E-state index in [0.717, 1.165) is 25.8 Å². The monoisotopic (exact) mass is 645 g/mol. The van der Waals surface area contributed by atoms with E-state index >= 15 is 0 Å². The summed E-state index contributed by atoms with van der Waals surface area (Å²) in [5.74, 6) is 0.636. The Morgan fingerprint density at radius 2 is 1.82 bits per heavy atom. The van der Waals surface area contributed by atoms with Gasteiger partial charge in [0.05, 0.1) is 31.3 Å². The van der Waals surface area contributed by atoms with Gasteiger partial charge in [-0.05, 0) is 94.0 Å². The molecule has 1 heterocycles. The van der Waals surface area contributed by atoms with Crippen LogP contribution in [0.15, 0.2) is 59.5 Å². The number of ether oxygens (including phenoxy) is 2. The van der Waals surface area contributed by atoms with Crippen LogP contribution in [0.5, 0.6) is 11.5 Å². The number of benzene rings is 3. The third kappa shape index (κ3) is 5.49. The first kappa shape index (κ1) is 25.2. The highest BCUT2D eigenvalue weighted by Crippen LogP contribution is 2.39. The molecule has 0 bridgehead atoms. The van der Waals surface area contributed by atoms with Gasteiger partial charge in [0.2, 0.25) is 0 Å². The molecule has 1 saturated heterocycles. The SMILES string of the molecule is COc1cc(/C=C2/SC(=O)N(c3cccc(Cl)c3)C2=O)cc(I)c1OCc1ccc(Cl)c(Cl)c1. The summed E-state index contributed by atoms with van der Waals surface area (Å²) in [7, 11) is 1.54. The second-order valence-corrected chi connectivity index (χ2v) is 10.5. The van der Waals surface area contributed by atoms with Gasteiger partial charge in [-0.2, -0.15) is 0 Å². The molecule has 1 fully saturated rings. The molecule has 3 aromatic rings. The summed E-state index contributed by atoms with van der Waals surface area (Å²) in [4.78, 5) is 26.9. The zero-order chi connectivity index (χ0) is 24.4. The van der Waals surface area contributed by atoms with Crippen LogP contribution in [0, 0.1) is 3.57 Å². The molecule has 0 atom stereocenters. The number of imide groups is 1. The molecule has 1 aliphatic rings. The van der Waals surface area contributed by atoms with Crippen molar-refractivity contribution in [3.05, 3.63) is 89.3 Å². The lowest BCUT2D eigenvalue weighted by Crippen LogP contribution is -2.27. The summed E-state index contributed by atoms with van der Waals surface area (Å²) in [5, 5.41) is 0.978. The van der Waals surface area contributed by atoms with Crippen LogP contribution in [0.3, 0.4) is 0 Å². The quantitative estimate of drug-likeness (QED) is 0.200. The van der Waals surface area contributed by atoms with E-state index < -0.39 is 5.91 Å². The van der Waals surface area contributed by atoms with Gasteiger partial charge < -0.3 is 9.47 Å². The number of hydrogen-bond acceptors (Lipinski definition) is 5. The molecule has 3 aromatic carbocycles. The van der Waals surface area contributed by atoms with Crippen LogP contribution < -0.4 is 14.4 Å². The van der Waals surface area contributed by atoms with Crippen molar-refractivity contribution >= 4 is 92.1 Å². The maximum atomic E-state index is 12.9. The first-order valence-corrected chi connectivity index (χ1v) is 12.8. The Balaban J connectivity index is 1.58. The zero-order valence-electron chi connectivity index (χ0n) is 17.5. The lowest BCUT2D eigenvalue weighted by molar-refractivity contribution is -0.113. The maximum absolute atomic E-state index is 12.9. The van der Waals surface area contributed by atoms with Gasteiger partial charge in [-0.25, -0.2) is 4.90 Å². The Kier molecular flexibility index (Phi) is 7.99. The van der Waals surface area contributed by atoms with Gasteiger partial charge in [0.25, 0.3) is 11.1 Å². The third-order valence-electron chi connectivity index (χ3n) is 4.78. The largest absolute Gasteiger partial charge is 0.493 e. The van der Waals surface area contributed by atoms with Crippen molar-refractivity contribution in [1.82, 2.24) is 0 Å². The summed E-state index contributed by atoms with van der Waals surface area (Å²) in [6.07, 6.45) is 1.66. The average molecular weight is 647 g/mol. The molecule has 0 N–H and O–H groups in total. The van der Waals surface area contributed by atoms with Gasteiger partial charge >= 0.3 is 0 Å². The number of halogens is 4. The van der Waals surface area contributed by atoms with E-state index in [2.05, 4.69) is 22.6 Å². The number of rotatable bonds is 6. The van der Waals surface area contributed by atoms with Crippen molar-refractivity contribution in [3.8, 4) is 11.5 Å². The molecule has 10 heteroatoms. The van der Waals surface area contributed by atoms with Gasteiger partial charge in [-0.1, -0.05) is 46.9 Å². The topological polar surface area (TPSA) is 55.8 Å². The number of amides is 2. The fourth-order valence-electron chi connectivity index (χ4n) is 3.21. The van der Waals surface area contributed by atoms with E-state index in [-0.39, 0.29) is 11.8 Å². The number of carbonyl (C=O) groups excluding carboxylic acids is 2. The van der Waals surface area contributed by atoms with Crippen molar-refractivity contribution in [2.75, 3.05) is 12.0 Å². The van der Waals surface area contributed by atoms with E-state index in [1.165, 1.54) is 7.11 Å². The van der Waals surface area contributed by atoms with Crippen LogP contribution in [0.4, 0.5) is 10.5 Å². The fraction of sp³-hybridized carbons (Fsp3) is 0.0833. The Labute approximate surface area is 229 Å². The highest BCUT2D eigenvalue weighted by molar-refractivity contribution is 14.1. The zero-order valence-corrected chi connectivity index (χ0v) is 22.7. The minimum absolute atomic E-state index is 0.265. The van der Waals surface area contributed by atoms with E-state index in [4.69, 9.17) is 44.3 Å². The Morgan fingerprint density at radius 3 is 2.53 bits per heavy atom. The van der Waals surface area contributed by atoms with Gasteiger partial charge in [0.15, 0.2) is 11.5 Å². The smallest absolute Gasteiger partial charge is 0.298 e. The van der Waals surface area contributed by atoms with Crippen LogP contribution >= 0.6 is 69.2 Å². The molecular formula is C24H15Cl3INO4S. The van der Waals surface area contributed by atoms with Crippen molar-refractivity contribution in [3.63, 3.8) is 0 Å². The molecule has 174 valence electrons. The van der Waals surface area contributed by atoms with Crippen molar-refractivity contribution in [2.45, 2.75) is 6.61 Å². The van der Waals surface area contributed by atoms with E-state index in [9.17, 15) is 9.59 Å². The standard InChI is InChI=1S/C24H15Cl3INO4S/c1-32-20-9-14(8-19(28)22(20)33-12-13-5-6-17(26)18(27)7-13)10-21-23(30)29(24(31)34-21)16-4-2-3-15(25)11-16/h2-11H,12H2,1H3/b21-10+. The Bertz CT molecular complexity index is 1330. The average Bonchev–Trinajstić information content (AvgIpc) is 3.07. The molecule has 0 radical (unpaired) electrons. The maximum Gasteiger partial charge on any atom is 0.298 e. The lowest BCUT2D eigenvalue weighted by atomic mass is 10.1. The molecule has 0 saturated carbocycles. The second-order valence-electron chi connectivity index (χ2n) is 7.07. The number of methoxy groups -OCH3 is 1. The molecule has 4 rings (SSSR count).